The standard InChI is InChI=1S/C10H13F2N3O3S/c1-17-3-5-6(12)7(16)9(18-5)15-2-4(11)8(13)14-10(15)19/h2,5-7,9,16H,3H2,1H3,(H2,13,14,19). The number of nitrogen functional groups attached to an aromatic ring is 1. The second-order valence-corrected chi connectivity index (χ2v) is 4.48. The molecule has 2 rings (SSSR count). The Balaban J connectivity index is 2.33. The van der Waals surface area contributed by atoms with Gasteiger partial charge in [0.1, 0.15) is 12.2 Å². The van der Waals surface area contributed by atoms with Gasteiger partial charge in [0.05, 0.1) is 6.61 Å². The van der Waals surface area contributed by atoms with E-state index in [4.69, 9.17) is 27.4 Å². The third-order valence-electron chi connectivity index (χ3n) is 2.83. The molecular weight excluding hydrogens is 280 g/mol. The van der Waals surface area contributed by atoms with Gasteiger partial charge >= 0.3 is 0 Å². The maximum atomic E-state index is 13.8. The quantitative estimate of drug-likeness (QED) is 0.793. The van der Waals surface area contributed by atoms with Gasteiger partial charge in [0.25, 0.3) is 0 Å². The van der Waals surface area contributed by atoms with Gasteiger partial charge in [-0.15, -0.1) is 0 Å². The maximum Gasteiger partial charge on any atom is 0.203 e. The lowest BCUT2D eigenvalue weighted by Gasteiger charge is -2.18. The second kappa shape index (κ2) is 5.45. The summed E-state index contributed by atoms with van der Waals surface area (Å²) in [5.74, 6) is -1.19. The summed E-state index contributed by atoms with van der Waals surface area (Å²) in [6.07, 6.45) is -4.33. The van der Waals surface area contributed by atoms with Crippen LogP contribution >= 0.6 is 12.2 Å². The largest absolute Gasteiger partial charge is 0.385 e. The van der Waals surface area contributed by atoms with Crippen molar-refractivity contribution in [1.29, 1.82) is 0 Å². The highest BCUT2D eigenvalue weighted by Gasteiger charge is 2.45. The summed E-state index contributed by atoms with van der Waals surface area (Å²) in [5.41, 5.74) is 5.26. The van der Waals surface area contributed by atoms with Crippen LogP contribution in [-0.4, -0.2) is 46.8 Å². The zero-order valence-corrected chi connectivity index (χ0v) is 10.8. The van der Waals surface area contributed by atoms with Crippen molar-refractivity contribution in [1.82, 2.24) is 9.55 Å². The lowest BCUT2D eigenvalue weighted by atomic mass is 10.1. The van der Waals surface area contributed by atoms with Gasteiger partial charge in [-0.05, 0) is 12.2 Å². The molecule has 1 aromatic heterocycles. The van der Waals surface area contributed by atoms with E-state index in [-0.39, 0.29) is 17.2 Å². The van der Waals surface area contributed by atoms with E-state index in [9.17, 15) is 13.9 Å². The average Bonchev–Trinajstić information content (AvgIpc) is 2.63. The van der Waals surface area contributed by atoms with Crippen molar-refractivity contribution in [3.63, 3.8) is 0 Å². The molecule has 4 atom stereocenters. The van der Waals surface area contributed by atoms with Crippen molar-refractivity contribution < 1.29 is 23.4 Å². The van der Waals surface area contributed by atoms with Gasteiger partial charge in [-0.1, -0.05) is 0 Å². The number of aliphatic hydroxyl groups is 1. The maximum absolute atomic E-state index is 13.8. The molecule has 0 radical (unpaired) electrons. The van der Waals surface area contributed by atoms with Crippen LogP contribution in [0.15, 0.2) is 6.20 Å². The number of anilines is 1. The first-order chi connectivity index (χ1) is 8.95. The topological polar surface area (TPSA) is 82.5 Å². The minimum absolute atomic E-state index is 0.0348. The zero-order chi connectivity index (χ0) is 14.2. The van der Waals surface area contributed by atoms with Crippen LogP contribution in [0.25, 0.3) is 0 Å². The number of aliphatic hydroxyl groups excluding tert-OH is 1. The Labute approximate surface area is 112 Å². The number of ether oxygens (including phenoxy) is 2. The fourth-order valence-corrected chi connectivity index (χ4v) is 2.13. The summed E-state index contributed by atoms with van der Waals surface area (Å²) in [7, 11) is 1.38. The number of alkyl halides is 1. The molecule has 19 heavy (non-hydrogen) atoms. The number of nitrogens with zero attached hydrogens (tertiary/aromatic N) is 2. The van der Waals surface area contributed by atoms with Crippen LogP contribution in [0.5, 0.6) is 0 Å². The molecule has 1 aromatic rings. The molecule has 4 unspecified atom stereocenters. The Morgan fingerprint density at radius 1 is 1.68 bits per heavy atom. The van der Waals surface area contributed by atoms with Crippen molar-refractivity contribution in [2.24, 2.45) is 0 Å². The minimum Gasteiger partial charge on any atom is -0.385 e. The Hall–Kier alpha value is -1.16. The minimum atomic E-state index is -1.66. The predicted octanol–water partition coefficient (Wildman–Crippen LogP) is 0.577. The Morgan fingerprint density at radius 3 is 3.00 bits per heavy atom. The van der Waals surface area contributed by atoms with Crippen molar-refractivity contribution in [2.45, 2.75) is 24.6 Å². The number of hydrogen-bond acceptors (Lipinski definition) is 6. The normalized spacial score (nSPS) is 30.7. The highest BCUT2D eigenvalue weighted by atomic mass is 32.1. The zero-order valence-electron chi connectivity index (χ0n) is 9.99. The van der Waals surface area contributed by atoms with Gasteiger partial charge in [0.2, 0.25) is 4.77 Å². The van der Waals surface area contributed by atoms with Crippen molar-refractivity contribution in [3.05, 3.63) is 16.8 Å². The number of halogens is 2. The number of aromatic nitrogens is 2. The van der Waals surface area contributed by atoms with Crippen LogP contribution < -0.4 is 5.73 Å². The SMILES string of the molecule is COCC1OC(n2cc(F)c(N)nc2=S)C(O)C1F. The van der Waals surface area contributed by atoms with Crippen LogP contribution in [0.3, 0.4) is 0 Å². The van der Waals surface area contributed by atoms with Gasteiger partial charge in [0, 0.05) is 13.3 Å². The highest BCUT2D eigenvalue weighted by molar-refractivity contribution is 7.71. The lowest BCUT2D eigenvalue weighted by Crippen LogP contribution is -2.30. The van der Waals surface area contributed by atoms with Gasteiger partial charge < -0.3 is 20.3 Å². The van der Waals surface area contributed by atoms with Crippen LogP contribution in [0, 0.1) is 10.6 Å². The van der Waals surface area contributed by atoms with Crippen LogP contribution in [0.1, 0.15) is 6.23 Å². The fourth-order valence-electron chi connectivity index (χ4n) is 1.88. The summed E-state index contributed by atoms with van der Waals surface area (Å²) in [6.45, 7) is -0.0348. The molecule has 3 N–H and O–H groups in total. The average molecular weight is 293 g/mol. The van der Waals surface area contributed by atoms with E-state index in [1.165, 1.54) is 7.11 Å². The van der Waals surface area contributed by atoms with Crippen molar-refractivity contribution in [2.75, 3.05) is 19.5 Å². The molecule has 2 heterocycles. The number of hydrogen-bond donors (Lipinski definition) is 2. The molecular formula is C10H13F2N3O3S. The Bertz CT molecular complexity index is 527. The molecule has 1 aliphatic heterocycles. The summed E-state index contributed by atoms with van der Waals surface area (Å²) >= 11 is 4.89. The lowest BCUT2D eigenvalue weighted by molar-refractivity contribution is -0.0588. The van der Waals surface area contributed by atoms with E-state index in [0.717, 1.165) is 10.8 Å². The predicted molar refractivity (Wildman–Crippen MR) is 64.1 cm³/mol. The van der Waals surface area contributed by atoms with E-state index in [1.54, 1.807) is 0 Å². The number of rotatable bonds is 3. The third kappa shape index (κ3) is 2.59. The molecule has 0 bridgehead atoms. The molecule has 1 saturated heterocycles. The fraction of sp³-hybridized carbons (Fsp3) is 0.600. The van der Waals surface area contributed by atoms with E-state index in [0.29, 0.717) is 0 Å². The molecule has 0 aromatic carbocycles. The van der Waals surface area contributed by atoms with Crippen LogP contribution in [-0.2, 0) is 9.47 Å². The molecule has 1 fully saturated rings. The van der Waals surface area contributed by atoms with Gasteiger partial charge in [-0.2, -0.15) is 4.98 Å². The van der Waals surface area contributed by atoms with Gasteiger partial charge in [-0.25, -0.2) is 8.78 Å². The van der Waals surface area contributed by atoms with Crippen molar-refractivity contribution >= 4 is 18.0 Å². The summed E-state index contributed by atoms with van der Waals surface area (Å²) in [6, 6.07) is 0. The molecule has 1 aliphatic rings. The van der Waals surface area contributed by atoms with E-state index >= 15 is 0 Å². The van der Waals surface area contributed by atoms with Crippen LogP contribution in [0.4, 0.5) is 14.6 Å². The molecule has 6 nitrogen and oxygen atoms in total. The molecule has 0 aliphatic carbocycles. The van der Waals surface area contributed by atoms with E-state index in [2.05, 4.69) is 4.98 Å². The summed E-state index contributed by atoms with van der Waals surface area (Å²) in [5, 5.41) is 9.79. The first kappa shape index (κ1) is 14.3. The highest BCUT2D eigenvalue weighted by Crippen LogP contribution is 2.32. The molecule has 0 amide bonds. The van der Waals surface area contributed by atoms with Crippen molar-refractivity contribution in [3.8, 4) is 0 Å². The third-order valence-corrected chi connectivity index (χ3v) is 3.13. The van der Waals surface area contributed by atoms with E-state index < -0.39 is 30.4 Å². The molecule has 0 spiro atoms. The Morgan fingerprint density at radius 2 is 2.37 bits per heavy atom. The number of methoxy groups -OCH3 is 1. The molecule has 9 heteroatoms. The number of nitrogens with two attached hydrogens (primary N) is 1. The second-order valence-electron chi connectivity index (χ2n) is 4.12. The molecule has 106 valence electrons. The Kier molecular flexibility index (Phi) is 4.09. The molecule has 0 saturated carbocycles. The summed E-state index contributed by atoms with van der Waals surface area (Å²) in [4.78, 5) is 3.58. The first-order valence-electron chi connectivity index (χ1n) is 5.46. The summed E-state index contributed by atoms with van der Waals surface area (Å²) < 4.78 is 38.1. The first-order valence-corrected chi connectivity index (χ1v) is 5.87. The monoisotopic (exact) mass is 293 g/mol. The van der Waals surface area contributed by atoms with Gasteiger partial charge in [0.15, 0.2) is 24.0 Å². The van der Waals surface area contributed by atoms with E-state index in [1.807, 2.05) is 0 Å². The van der Waals surface area contributed by atoms with Gasteiger partial charge in [-0.3, -0.25) is 4.57 Å². The van der Waals surface area contributed by atoms with Crippen LogP contribution in [0.2, 0.25) is 0 Å². The smallest absolute Gasteiger partial charge is 0.203 e.